The van der Waals surface area contributed by atoms with Gasteiger partial charge in [0.05, 0.1) is 0 Å². The number of nitrogens with zero attached hydrogens (tertiary/aromatic N) is 1. The molecular weight excluding hydrogens is 280 g/mol. The van der Waals surface area contributed by atoms with E-state index in [1.165, 1.54) is 0 Å². The summed E-state index contributed by atoms with van der Waals surface area (Å²) < 4.78 is 0.832. The zero-order valence-corrected chi connectivity index (χ0v) is 12.1. The topological polar surface area (TPSA) is 46.3 Å². The minimum Gasteiger partial charge on any atom is -0.399 e. The van der Waals surface area contributed by atoms with Crippen molar-refractivity contribution in [2.24, 2.45) is 5.92 Å². The van der Waals surface area contributed by atoms with E-state index >= 15 is 0 Å². The molecule has 1 aromatic rings. The lowest BCUT2D eigenvalue weighted by atomic mass is 10.1. The van der Waals surface area contributed by atoms with Crippen LogP contribution in [0, 0.1) is 5.92 Å². The number of rotatable bonds is 4. The van der Waals surface area contributed by atoms with Crippen molar-refractivity contribution in [3.8, 4) is 0 Å². The van der Waals surface area contributed by atoms with Gasteiger partial charge in [-0.15, -0.1) is 0 Å². The van der Waals surface area contributed by atoms with Crippen molar-refractivity contribution in [1.29, 1.82) is 0 Å². The van der Waals surface area contributed by atoms with Crippen molar-refractivity contribution in [3.05, 3.63) is 28.2 Å². The third-order valence-electron chi connectivity index (χ3n) is 2.56. The highest BCUT2D eigenvalue weighted by atomic mass is 79.9. The van der Waals surface area contributed by atoms with Crippen LogP contribution in [-0.2, 0) is 0 Å². The lowest BCUT2D eigenvalue weighted by molar-refractivity contribution is 0.0789. The van der Waals surface area contributed by atoms with E-state index in [1.54, 1.807) is 23.1 Å². The Balaban J connectivity index is 2.74. The van der Waals surface area contributed by atoms with Crippen LogP contribution in [-0.4, -0.2) is 24.4 Å². The first-order chi connectivity index (χ1) is 7.90. The molecule has 3 nitrogen and oxygen atoms in total. The van der Waals surface area contributed by atoms with Crippen LogP contribution in [0.1, 0.15) is 30.6 Å². The molecule has 0 fully saturated rings. The third-order valence-corrected chi connectivity index (χ3v) is 3.01. The Morgan fingerprint density at radius 3 is 2.59 bits per heavy atom. The fraction of sp³-hybridized carbons (Fsp3) is 0.462. The number of benzene rings is 1. The van der Waals surface area contributed by atoms with Gasteiger partial charge in [-0.25, -0.2) is 0 Å². The Morgan fingerprint density at radius 1 is 1.41 bits per heavy atom. The zero-order valence-electron chi connectivity index (χ0n) is 10.5. The van der Waals surface area contributed by atoms with Gasteiger partial charge in [0.2, 0.25) is 0 Å². The molecule has 0 saturated carbocycles. The quantitative estimate of drug-likeness (QED) is 0.868. The minimum atomic E-state index is 0.0126. The molecule has 0 aliphatic carbocycles. The largest absolute Gasteiger partial charge is 0.399 e. The molecule has 0 saturated heterocycles. The van der Waals surface area contributed by atoms with E-state index in [2.05, 4.69) is 29.8 Å². The number of nitrogens with two attached hydrogens (primary N) is 1. The molecule has 4 heteroatoms. The summed E-state index contributed by atoms with van der Waals surface area (Å²) in [6, 6.07) is 5.29. The minimum absolute atomic E-state index is 0.0126. The Hall–Kier alpha value is -1.03. The SMILES string of the molecule is CC(C)CCN(C)C(=O)c1cc(N)cc(Br)c1. The number of hydrogen-bond donors (Lipinski definition) is 1. The van der Waals surface area contributed by atoms with Crippen molar-refractivity contribution in [2.75, 3.05) is 19.3 Å². The highest BCUT2D eigenvalue weighted by Crippen LogP contribution is 2.18. The average Bonchev–Trinajstić information content (AvgIpc) is 2.23. The van der Waals surface area contributed by atoms with Gasteiger partial charge in [0.15, 0.2) is 0 Å². The summed E-state index contributed by atoms with van der Waals surface area (Å²) >= 11 is 3.34. The molecule has 1 aromatic carbocycles. The highest BCUT2D eigenvalue weighted by Gasteiger charge is 2.12. The molecule has 0 aliphatic heterocycles. The van der Waals surface area contributed by atoms with E-state index in [4.69, 9.17) is 5.73 Å². The van der Waals surface area contributed by atoms with Gasteiger partial charge in [-0.2, -0.15) is 0 Å². The van der Waals surface area contributed by atoms with Gasteiger partial charge < -0.3 is 10.6 Å². The van der Waals surface area contributed by atoms with Gasteiger partial charge in [0, 0.05) is 29.3 Å². The lowest BCUT2D eigenvalue weighted by Gasteiger charge is -2.18. The second kappa shape index (κ2) is 6.05. The number of halogens is 1. The van der Waals surface area contributed by atoms with Crippen LogP contribution in [0.4, 0.5) is 5.69 Å². The Labute approximate surface area is 111 Å². The van der Waals surface area contributed by atoms with Crippen molar-refractivity contribution < 1.29 is 4.79 Å². The van der Waals surface area contributed by atoms with Crippen molar-refractivity contribution >= 4 is 27.5 Å². The molecule has 0 bridgehead atoms. The predicted molar refractivity (Wildman–Crippen MR) is 75.0 cm³/mol. The monoisotopic (exact) mass is 298 g/mol. The van der Waals surface area contributed by atoms with Gasteiger partial charge in [-0.05, 0) is 30.5 Å². The van der Waals surface area contributed by atoms with Crippen LogP contribution in [0.2, 0.25) is 0 Å². The van der Waals surface area contributed by atoms with E-state index in [0.29, 0.717) is 17.2 Å². The van der Waals surface area contributed by atoms with Crippen molar-refractivity contribution in [3.63, 3.8) is 0 Å². The number of nitrogen functional groups attached to an aromatic ring is 1. The Morgan fingerprint density at radius 2 is 2.06 bits per heavy atom. The number of hydrogen-bond acceptors (Lipinski definition) is 2. The fourth-order valence-corrected chi connectivity index (χ4v) is 2.02. The van der Waals surface area contributed by atoms with Crippen LogP contribution >= 0.6 is 15.9 Å². The first kappa shape index (κ1) is 14.0. The van der Waals surface area contributed by atoms with E-state index in [1.807, 2.05) is 7.05 Å². The Bertz CT molecular complexity index is 384. The lowest BCUT2D eigenvalue weighted by Crippen LogP contribution is -2.28. The molecule has 1 rings (SSSR count). The molecule has 0 radical (unpaired) electrons. The second-order valence-corrected chi connectivity index (χ2v) is 5.60. The summed E-state index contributed by atoms with van der Waals surface area (Å²) in [4.78, 5) is 13.8. The summed E-state index contributed by atoms with van der Waals surface area (Å²) in [5.74, 6) is 0.608. The van der Waals surface area contributed by atoms with Gasteiger partial charge in [-0.1, -0.05) is 29.8 Å². The summed E-state index contributed by atoms with van der Waals surface area (Å²) in [6.07, 6.45) is 1.01. The van der Waals surface area contributed by atoms with Gasteiger partial charge in [0.25, 0.3) is 5.91 Å². The molecule has 94 valence electrons. The smallest absolute Gasteiger partial charge is 0.253 e. The maximum absolute atomic E-state index is 12.1. The van der Waals surface area contributed by atoms with E-state index in [-0.39, 0.29) is 5.91 Å². The maximum Gasteiger partial charge on any atom is 0.253 e. The molecule has 1 amide bonds. The van der Waals surface area contributed by atoms with Gasteiger partial charge >= 0.3 is 0 Å². The van der Waals surface area contributed by atoms with Crippen molar-refractivity contribution in [2.45, 2.75) is 20.3 Å². The van der Waals surface area contributed by atoms with E-state index in [0.717, 1.165) is 17.4 Å². The summed E-state index contributed by atoms with van der Waals surface area (Å²) in [5.41, 5.74) is 6.94. The van der Waals surface area contributed by atoms with Crippen LogP contribution in [0.5, 0.6) is 0 Å². The van der Waals surface area contributed by atoms with E-state index in [9.17, 15) is 4.79 Å². The second-order valence-electron chi connectivity index (χ2n) is 4.68. The Kier molecular flexibility index (Phi) is 5.00. The predicted octanol–water partition coefficient (Wildman–Crippen LogP) is 3.15. The number of carbonyl (C=O) groups excluding carboxylic acids is 1. The third kappa shape index (κ3) is 4.38. The number of amides is 1. The summed E-state index contributed by atoms with van der Waals surface area (Å²) in [5, 5.41) is 0. The molecule has 0 atom stereocenters. The highest BCUT2D eigenvalue weighted by molar-refractivity contribution is 9.10. The van der Waals surface area contributed by atoms with Gasteiger partial charge in [-0.3, -0.25) is 4.79 Å². The normalized spacial score (nSPS) is 10.6. The molecule has 0 heterocycles. The van der Waals surface area contributed by atoms with Crippen LogP contribution in [0.3, 0.4) is 0 Å². The molecule has 0 unspecified atom stereocenters. The number of carbonyl (C=O) groups is 1. The van der Waals surface area contributed by atoms with Crippen LogP contribution < -0.4 is 5.73 Å². The number of anilines is 1. The molecule has 17 heavy (non-hydrogen) atoms. The van der Waals surface area contributed by atoms with E-state index < -0.39 is 0 Å². The molecule has 0 aromatic heterocycles. The maximum atomic E-state index is 12.1. The zero-order chi connectivity index (χ0) is 13.0. The summed E-state index contributed by atoms with van der Waals surface area (Å²) in [6.45, 7) is 5.06. The summed E-state index contributed by atoms with van der Waals surface area (Å²) in [7, 11) is 1.82. The molecule has 0 aliphatic rings. The first-order valence-corrected chi connectivity index (χ1v) is 6.51. The fourth-order valence-electron chi connectivity index (χ4n) is 1.51. The van der Waals surface area contributed by atoms with Gasteiger partial charge in [0.1, 0.15) is 0 Å². The van der Waals surface area contributed by atoms with Crippen LogP contribution in [0.25, 0.3) is 0 Å². The van der Waals surface area contributed by atoms with Crippen LogP contribution in [0.15, 0.2) is 22.7 Å². The molecular formula is C13H19BrN2O. The standard InChI is InChI=1S/C13H19BrN2O/c1-9(2)4-5-16(3)13(17)10-6-11(14)8-12(15)7-10/h6-9H,4-5,15H2,1-3H3. The molecule has 0 spiro atoms. The first-order valence-electron chi connectivity index (χ1n) is 5.71. The molecule has 2 N–H and O–H groups in total. The van der Waals surface area contributed by atoms with Crippen molar-refractivity contribution in [1.82, 2.24) is 4.90 Å². The average molecular weight is 299 g/mol.